The highest BCUT2D eigenvalue weighted by molar-refractivity contribution is 5.97. The number of rotatable bonds is 1. The Morgan fingerprint density at radius 3 is 2.69 bits per heavy atom. The molecule has 2 nitrogen and oxygen atoms in total. The van der Waals surface area contributed by atoms with Crippen LogP contribution in [-0.2, 0) is 0 Å². The Morgan fingerprint density at radius 1 is 1.38 bits per heavy atom. The quantitative estimate of drug-likeness (QED) is 0.771. The van der Waals surface area contributed by atoms with Crippen LogP contribution < -0.4 is 5.32 Å². The molecule has 1 aromatic carbocycles. The van der Waals surface area contributed by atoms with Gasteiger partial charge in [-0.25, -0.2) is 0 Å². The molecule has 1 aromatic rings. The molecular weight excluding hydrogens is 198 g/mol. The number of aryl methyl sites for hydroxylation is 1. The molecular formula is C14H21NO. The summed E-state index contributed by atoms with van der Waals surface area (Å²) in [5.74, 6) is 0.566. The molecule has 0 bridgehead atoms. The van der Waals surface area contributed by atoms with Gasteiger partial charge in [-0.1, -0.05) is 38.5 Å². The Bertz CT molecular complexity index is 371. The lowest BCUT2D eigenvalue weighted by molar-refractivity contribution is 0.0939. The number of carbonyl (C=O) groups is 1. The summed E-state index contributed by atoms with van der Waals surface area (Å²) >= 11 is 0. The van der Waals surface area contributed by atoms with E-state index in [4.69, 9.17) is 0 Å². The molecule has 16 heavy (non-hydrogen) atoms. The molecule has 1 aliphatic heterocycles. The minimum atomic E-state index is 0.0772. The molecule has 2 heteroatoms. The van der Waals surface area contributed by atoms with Gasteiger partial charge < -0.3 is 5.32 Å². The van der Waals surface area contributed by atoms with Crippen molar-refractivity contribution in [3.63, 3.8) is 0 Å². The lowest BCUT2D eigenvalue weighted by Gasteiger charge is -2.24. The fourth-order valence-electron chi connectivity index (χ4n) is 2.01. The van der Waals surface area contributed by atoms with Gasteiger partial charge >= 0.3 is 0 Å². The van der Waals surface area contributed by atoms with Crippen LogP contribution in [0.3, 0.4) is 0 Å². The van der Waals surface area contributed by atoms with Crippen LogP contribution in [0.5, 0.6) is 0 Å². The average Bonchev–Trinajstić information content (AvgIpc) is 2.33. The van der Waals surface area contributed by atoms with Gasteiger partial charge in [0, 0.05) is 18.0 Å². The highest BCUT2D eigenvalue weighted by Crippen LogP contribution is 2.26. The van der Waals surface area contributed by atoms with E-state index in [9.17, 15) is 4.79 Å². The lowest BCUT2D eigenvalue weighted by Crippen LogP contribution is -2.34. The highest BCUT2D eigenvalue weighted by atomic mass is 16.1. The molecule has 1 atom stereocenters. The van der Waals surface area contributed by atoms with E-state index in [0.717, 1.165) is 24.1 Å². The van der Waals surface area contributed by atoms with Gasteiger partial charge in [0.15, 0.2) is 0 Å². The molecule has 0 saturated carbocycles. The number of fused-ring (bicyclic) bond motifs is 1. The van der Waals surface area contributed by atoms with E-state index in [1.807, 2.05) is 26.8 Å². The summed E-state index contributed by atoms with van der Waals surface area (Å²) in [5.41, 5.74) is 3.22. The van der Waals surface area contributed by atoms with E-state index in [0.29, 0.717) is 5.92 Å². The Hall–Kier alpha value is -1.31. The normalized spacial score (nSPS) is 18.0. The van der Waals surface area contributed by atoms with Crippen LogP contribution in [0, 0.1) is 6.92 Å². The molecule has 88 valence electrons. The Balaban J connectivity index is 0.000000606. The monoisotopic (exact) mass is 219 g/mol. The molecule has 0 fully saturated rings. The molecule has 1 unspecified atom stereocenters. The second-order valence-electron chi connectivity index (χ2n) is 3.91. The summed E-state index contributed by atoms with van der Waals surface area (Å²) < 4.78 is 0. The van der Waals surface area contributed by atoms with E-state index in [1.165, 1.54) is 5.56 Å². The summed E-state index contributed by atoms with van der Waals surface area (Å²) in [7, 11) is 0. The van der Waals surface area contributed by atoms with Gasteiger partial charge in [-0.15, -0.1) is 0 Å². The van der Waals surface area contributed by atoms with Crippen LogP contribution in [0.4, 0.5) is 0 Å². The second kappa shape index (κ2) is 5.69. The summed E-state index contributed by atoms with van der Waals surface area (Å²) in [4.78, 5) is 11.6. The molecule has 0 aromatic heterocycles. The van der Waals surface area contributed by atoms with E-state index in [-0.39, 0.29) is 5.91 Å². The van der Waals surface area contributed by atoms with E-state index >= 15 is 0 Å². The van der Waals surface area contributed by atoms with Crippen molar-refractivity contribution in [1.82, 2.24) is 5.32 Å². The minimum Gasteiger partial charge on any atom is -0.351 e. The fraction of sp³-hybridized carbons (Fsp3) is 0.500. The van der Waals surface area contributed by atoms with Crippen molar-refractivity contribution < 1.29 is 4.79 Å². The van der Waals surface area contributed by atoms with Crippen LogP contribution in [0.25, 0.3) is 0 Å². The third-order valence-corrected chi connectivity index (χ3v) is 2.90. The zero-order chi connectivity index (χ0) is 12.1. The number of hydrogen-bond acceptors (Lipinski definition) is 1. The van der Waals surface area contributed by atoms with Crippen LogP contribution in [-0.4, -0.2) is 12.5 Å². The average molecular weight is 219 g/mol. The van der Waals surface area contributed by atoms with Crippen LogP contribution in [0.1, 0.15) is 54.6 Å². The van der Waals surface area contributed by atoms with Crippen molar-refractivity contribution in [3.8, 4) is 0 Å². The van der Waals surface area contributed by atoms with Gasteiger partial charge in [-0.05, 0) is 25.0 Å². The smallest absolute Gasteiger partial charge is 0.251 e. The predicted octanol–water partition coefficient (Wildman–Crippen LogP) is 3.26. The van der Waals surface area contributed by atoms with Crippen molar-refractivity contribution in [2.24, 2.45) is 0 Å². The van der Waals surface area contributed by atoms with Gasteiger partial charge in [0.25, 0.3) is 5.91 Å². The van der Waals surface area contributed by atoms with Crippen LogP contribution >= 0.6 is 0 Å². The van der Waals surface area contributed by atoms with Crippen LogP contribution in [0.15, 0.2) is 18.2 Å². The molecule has 0 spiro atoms. The maximum atomic E-state index is 11.6. The first-order valence-electron chi connectivity index (χ1n) is 6.11. The minimum absolute atomic E-state index is 0.0772. The molecule has 2 rings (SSSR count). The molecule has 0 saturated heterocycles. The molecule has 0 aliphatic carbocycles. The van der Waals surface area contributed by atoms with Crippen molar-refractivity contribution in [2.45, 2.75) is 40.0 Å². The first kappa shape index (κ1) is 12.8. The third-order valence-electron chi connectivity index (χ3n) is 2.90. The fourth-order valence-corrected chi connectivity index (χ4v) is 2.01. The number of benzene rings is 1. The predicted molar refractivity (Wildman–Crippen MR) is 67.9 cm³/mol. The van der Waals surface area contributed by atoms with Gasteiger partial charge in [-0.2, -0.15) is 0 Å². The van der Waals surface area contributed by atoms with E-state index in [2.05, 4.69) is 24.4 Å². The topological polar surface area (TPSA) is 29.1 Å². The molecule has 1 N–H and O–H groups in total. The summed E-state index contributed by atoms with van der Waals surface area (Å²) in [6, 6.07) is 6.16. The number of hydrogen-bond donors (Lipinski definition) is 1. The van der Waals surface area contributed by atoms with E-state index < -0.39 is 0 Å². The van der Waals surface area contributed by atoms with Crippen LogP contribution in [0.2, 0.25) is 0 Å². The Labute approximate surface area is 98.1 Å². The SMILES string of the molecule is CC.CCC1CNC(=O)c2cc(C)ccc21. The number of amides is 1. The molecule has 1 aliphatic rings. The Kier molecular flexibility index (Phi) is 4.53. The number of carbonyl (C=O) groups excluding carboxylic acids is 1. The van der Waals surface area contributed by atoms with Gasteiger partial charge in [0.1, 0.15) is 0 Å². The third kappa shape index (κ3) is 2.43. The molecule has 0 radical (unpaired) electrons. The zero-order valence-corrected chi connectivity index (χ0v) is 10.6. The lowest BCUT2D eigenvalue weighted by atomic mass is 9.88. The van der Waals surface area contributed by atoms with Gasteiger partial charge in [-0.3, -0.25) is 4.79 Å². The zero-order valence-electron chi connectivity index (χ0n) is 10.6. The second-order valence-corrected chi connectivity index (χ2v) is 3.91. The first-order chi connectivity index (χ1) is 7.72. The van der Waals surface area contributed by atoms with Gasteiger partial charge in [0.05, 0.1) is 0 Å². The van der Waals surface area contributed by atoms with Crippen molar-refractivity contribution in [3.05, 3.63) is 34.9 Å². The maximum Gasteiger partial charge on any atom is 0.251 e. The van der Waals surface area contributed by atoms with Crippen molar-refractivity contribution >= 4 is 5.91 Å². The summed E-state index contributed by atoms with van der Waals surface area (Å²) in [6.45, 7) is 8.96. The van der Waals surface area contributed by atoms with Crippen molar-refractivity contribution in [1.29, 1.82) is 0 Å². The largest absolute Gasteiger partial charge is 0.351 e. The highest BCUT2D eigenvalue weighted by Gasteiger charge is 2.23. The van der Waals surface area contributed by atoms with Gasteiger partial charge in [0.2, 0.25) is 0 Å². The standard InChI is InChI=1S/C12H15NO.C2H6/c1-3-9-7-13-12(14)11-6-8(2)4-5-10(9)11;1-2/h4-6,9H,3,7H2,1-2H3,(H,13,14);1-2H3. The number of nitrogens with one attached hydrogen (secondary N) is 1. The van der Waals surface area contributed by atoms with E-state index in [1.54, 1.807) is 0 Å². The summed E-state index contributed by atoms with van der Waals surface area (Å²) in [5, 5.41) is 2.93. The molecule has 1 heterocycles. The first-order valence-corrected chi connectivity index (χ1v) is 6.11. The van der Waals surface area contributed by atoms with Crippen molar-refractivity contribution in [2.75, 3.05) is 6.54 Å². The Morgan fingerprint density at radius 2 is 2.06 bits per heavy atom. The summed E-state index contributed by atoms with van der Waals surface area (Å²) in [6.07, 6.45) is 1.08. The molecule has 1 amide bonds. The maximum absolute atomic E-state index is 11.6.